The van der Waals surface area contributed by atoms with E-state index >= 15 is 0 Å². The van der Waals surface area contributed by atoms with Crippen molar-refractivity contribution in [2.24, 2.45) is 0 Å². The fraction of sp³-hybridized carbons (Fsp3) is 0.278. The number of aromatic nitrogens is 2. The zero-order valence-electron chi connectivity index (χ0n) is 13.6. The molecule has 3 aromatic rings. The molecule has 1 aliphatic rings. The first-order valence-electron chi connectivity index (χ1n) is 8.19. The molecule has 7 heteroatoms. The van der Waals surface area contributed by atoms with Crippen LogP contribution in [0.25, 0.3) is 22.2 Å². The summed E-state index contributed by atoms with van der Waals surface area (Å²) in [5, 5.41) is 6.01. The molecular weight excluding hydrogens is 338 g/mol. The van der Waals surface area contributed by atoms with E-state index in [0.29, 0.717) is 23.0 Å². The number of ether oxygens (including phenoxy) is 1. The van der Waals surface area contributed by atoms with Crippen molar-refractivity contribution in [2.75, 3.05) is 19.7 Å². The summed E-state index contributed by atoms with van der Waals surface area (Å²) in [6.45, 7) is 1.66. The number of thiophene rings is 1. The molecule has 3 heterocycles. The number of hydrogen-bond acceptors (Lipinski definition) is 6. The molecule has 4 rings (SSSR count). The second-order valence-corrected chi connectivity index (χ2v) is 6.72. The normalized spacial score (nSPS) is 14.0. The Hall–Kier alpha value is -2.67. The molecule has 0 atom stereocenters. The summed E-state index contributed by atoms with van der Waals surface area (Å²) in [6, 6.07) is 11.3. The van der Waals surface area contributed by atoms with Crippen LogP contribution in [0.4, 0.5) is 0 Å². The Morgan fingerprint density at radius 2 is 2.04 bits per heavy atom. The van der Waals surface area contributed by atoms with Crippen LogP contribution in [-0.2, 0) is 4.79 Å². The van der Waals surface area contributed by atoms with Crippen LogP contribution in [0, 0.1) is 0 Å². The van der Waals surface area contributed by atoms with Crippen molar-refractivity contribution in [2.45, 2.75) is 12.8 Å². The number of amides is 1. The number of para-hydroxylation sites is 1. The van der Waals surface area contributed by atoms with Gasteiger partial charge in [-0.05, 0) is 36.4 Å². The van der Waals surface area contributed by atoms with Crippen LogP contribution in [-0.4, -0.2) is 40.6 Å². The highest BCUT2D eigenvalue weighted by molar-refractivity contribution is 7.13. The SMILES string of the molecule is O=C(COc1ccccc1-c1noc(-c2cccs2)n1)N1CCCC1. The third-order valence-electron chi connectivity index (χ3n) is 4.10. The minimum absolute atomic E-state index is 0.0136. The van der Waals surface area contributed by atoms with Gasteiger partial charge in [0.15, 0.2) is 6.61 Å². The maximum atomic E-state index is 12.2. The van der Waals surface area contributed by atoms with E-state index in [1.165, 1.54) is 11.3 Å². The Morgan fingerprint density at radius 1 is 1.20 bits per heavy atom. The van der Waals surface area contributed by atoms with Crippen molar-refractivity contribution < 1.29 is 14.1 Å². The van der Waals surface area contributed by atoms with E-state index in [9.17, 15) is 4.79 Å². The monoisotopic (exact) mass is 355 g/mol. The molecule has 1 aromatic carbocycles. The van der Waals surface area contributed by atoms with E-state index in [1.54, 1.807) is 0 Å². The van der Waals surface area contributed by atoms with Crippen LogP contribution in [0.1, 0.15) is 12.8 Å². The van der Waals surface area contributed by atoms with E-state index in [4.69, 9.17) is 9.26 Å². The largest absolute Gasteiger partial charge is 0.483 e. The van der Waals surface area contributed by atoms with Gasteiger partial charge in [0.05, 0.1) is 10.4 Å². The smallest absolute Gasteiger partial charge is 0.268 e. The standard InChI is InChI=1S/C18H17N3O3S/c22-16(21-9-3-4-10-21)12-23-14-7-2-1-6-13(14)17-19-18(24-20-17)15-8-5-11-25-15/h1-2,5-8,11H,3-4,9-10,12H2. The number of likely N-dealkylation sites (tertiary alicyclic amines) is 1. The molecule has 0 unspecified atom stereocenters. The third kappa shape index (κ3) is 3.41. The Bertz CT molecular complexity index is 854. The molecule has 1 saturated heterocycles. The molecule has 1 amide bonds. The van der Waals surface area contributed by atoms with Crippen molar-refractivity contribution in [1.29, 1.82) is 0 Å². The van der Waals surface area contributed by atoms with E-state index in [2.05, 4.69) is 10.1 Å². The number of carbonyl (C=O) groups excluding carboxylic acids is 1. The molecule has 0 aliphatic carbocycles. The van der Waals surface area contributed by atoms with Crippen molar-refractivity contribution in [3.63, 3.8) is 0 Å². The van der Waals surface area contributed by atoms with Crippen LogP contribution >= 0.6 is 11.3 Å². The predicted octanol–water partition coefficient (Wildman–Crippen LogP) is 3.47. The summed E-state index contributed by atoms with van der Waals surface area (Å²) in [7, 11) is 0. The average Bonchev–Trinajstić information content (AvgIpc) is 3.41. The maximum absolute atomic E-state index is 12.2. The lowest BCUT2D eigenvalue weighted by Crippen LogP contribution is -2.32. The van der Waals surface area contributed by atoms with E-state index in [0.717, 1.165) is 30.8 Å². The average molecular weight is 355 g/mol. The second-order valence-electron chi connectivity index (χ2n) is 5.77. The third-order valence-corrected chi connectivity index (χ3v) is 4.95. The molecule has 128 valence electrons. The molecule has 0 spiro atoms. The van der Waals surface area contributed by atoms with Crippen LogP contribution < -0.4 is 4.74 Å². The van der Waals surface area contributed by atoms with Crippen LogP contribution in [0.5, 0.6) is 5.75 Å². The molecule has 0 N–H and O–H groups in total. The lowest BCUT2D eigenvalue weighted by molar-refractivity contribution is -0.132. The Balaban J connectivity index is 1.52. The van der Waals surface area contributed by atoms with Gasteiger partial charge < -0.3 is 14.2 Å². The first-order chi connectivity index (χ1) is 12.3. The minimum atomic E-state index is 0.0136. The van der Waals surface area contributed by atoms with Gasteiger partial charge >= 0.3 is 0 Å². The van der Waals surface area contributed by atoms with Crippen LogP contribution in [0.15, 0.2) is 46.3 Å². The highest BCUT2D eigenvalue weighted by Crippen LogP contribution is 2.30. The van der Waals surface area contributed by atoms with Gasteiger partial charge in [-0.15, -0.1) is 11.3 Å². The first kappa shape index (κ1) is 15.8. The van der Waals surface area contributed by atoms with Gasteiger partial charge in [-0.25, -0.2) is 0 Å². The molecule has 6 nitrogen and oxygen atoms in total. The topological polar surface area (TPSA) is 68.5 Å². The maximum Gasteiger partial charge on any atom is 0.268 e. The lowest BCUT2D eigenvalue weighted by atomic mass is 10.2. The zero-order chi connectivity index (χ0) is 17.1. The predicted molar refractivity (Wildman–Crippen MR) is 94.4 cm³/mol. The minimum Gasteiger partial charge on any atom is -0.483 e. The number of benzene rings is 1. The lowest BCUT2D eigenvalue weighted by Gasteiger charge is -2.16. The molecule has 2 aromatic heterocycles. The van der Waals surface area contributed by atoms with E-state index < -0.39 is 0 Å². The Kier molecular flexibility index (Phi) is 4.47. The summed E-state index contributed by atoms with van der Waals surface area (Å²) in [6.07, 6.45) is 2.13. The first-order valence-corrected chi connectivity index (χ1v) is 9.07. The van der Waals surface area contributed by atoms with Gasteiger partial charge in [0, 0.05) is 13.1 Å². The highest BCUT2D eigenvalue weighted by atomic mass is 32.1. The van der Waals surface area contributed by atoms with Gasteiger partial charge in [-0.2, -0.15) is 4.98 Å². The van der Waals surface area contributed by atoms with Gasteiger partial charge in [-0.1, -0.05) is 23.4 Å². The van der Waals surface area contributed by atoms with Gasteiger partial charge in [0.2, 0.25) is 5.82 Å². The van der Waals surface area contributed by atoms with Crippen LogP contribution in [0.3, 0.4) is 0 Å². The summed E-state index contributed by atoms with van der Waals surface area (Å²) < 4.78 is 11.1. The van der Waals surface area contributed by atoms with E-state index in [-0.39, 0.29) is 12.5 Å². The summed E-state index contributed by atoms with van der Waals surface area (Å²) in [5.41, 5.74) is 0.711. The van der Waals surface area contributed by atoms with Crippen molar-refractivity contribution in [3.8, 4) is 27.9 Å². The van der Waals surface area contributed by atoms with Gasteiger partial charge in [0.1, 0.15) is 5.75 Å². The van der Waals surface area contributed by atoms with Crippen molar-refractivity contribution in [3.05, 3.63) is 41.8 Å². The Labute approximate surface area is 149 Å². The summed E-state index contributed by atoms with van der Waals surface area (Å²) >= 11 is 1.54. The molecule has 0 bridgehead atoms. The van der Waals surface area contributed by atoms with Gasteiger partial charge in [0.25, 0.3) is 11.8 Å². The summed E-state index contributed by atoms with van der Waals surface area (Å²) in [5.74, 6) is 1.52. The zero-order valence-corrected chi connectivity index (χ0v) is 14.4. The molecule has 1 aliphatic heterocycles. The Morgan fingerprint density at radius 3 is 2.84 bits per heavy atom. The number of nitrogens with zero attached hydrogens (tertiary/aromatic N) is 3. The fourth-order valence-corrected chi connectivity index (χ4v) is 3.45. The number of carbonyl (C=O) groups is 1. The second kappa shape index (κ2) is 7.06. The van der Waals surface area contributed by atoms with Crippen molar-refractivity contribution in [1.82, 2.24) is 15.0 Å². The quantitative estimate of drug-likeness (QED) is 0.701. The van der Waals surface area contributed by atoms with Crippen molar-refractivity contribution >= 4 is 17.2 Å². The molecule has 0 saturated carbocycles. The molecule has 1 fully saturated rings. The van der Waals surface area contributed by atoms with Crippen LogP contribution in [0.2, 0.25) is 0 Å². The molecular formula is C18H17N3O3S. The molecule has 0 radical (unpaired) electrons. The van der Waals surface area contributed by atoms with E-state index in [1.807, 2.05) is 46.7 Å². The fourth-order valence-electron chi connectivity index (χ4n) is 2.81. The van der Waals surface area contributed by atoms with Gasteiger partial charge in [-0.3, -0.25) is 4.79 Å². The highest BCUT2D eigenvalue weighted by Gasteiger charge is 2.20. The number of rotatable bonds is 5. The number of hydrogen-bond donors (Lipinski definition) is 0. The summed E-state index contributed by atoms with van der Waals surface area (Å²) in [4.78, 5) is 19.4. The molecule has 25 heavy (non-hydrogen) atoms.